The number of allylic oxidation sites excluding steroid dienone is 1. The number of unbranched alkanes of at least 4 members (excludes halogenated alkanes) is 9. The van der Waals surface area contributed by atoms with Crippen molar-refractivity contribution < 1.29 is 4.74 Å². The molecule has 0 aliphatic carbocycles. The molecule has 2 nitrogen and oxygen atoms in total. The lowest BCUT2D eigenvalue weighted by Crippen LogP contribution is -2.23. The molecule has 1 fully saturated rings. The molecule has 0 radical (unpaired) electrons. The topological polar surface area (TPSA) is 12.5 Å². The first-order chi connectivity index (χ1) is 10.3. The Hall–Kier alpha value is -0.660. The minimum atomic E-state index is 0.897. The molecule has 0 aromatic heterocycles. The second-order valence-electron chi connectivity index (χ2n) is 6.54. The van der Waals surface area contributed by atoms with Crippen LogP contribution in [-0.4, -0.2) is 25.1 Å². The molecule has 1 saturated heterocycles. The van der Waals surface area contributed by atoms with Crippen LogP contribution >= 0.6 is 0 Å². The Balaban J connectivity index is 1.83. The predicted octanol–water partition coefficient (Wildman–Crippen LogP) is 5.88. The van der Waals surface area contributed by atoms with E-state index in [0.717, 1.165) is 6.61 Å². The van der Waals surface area contributed by atoms with E-state index in [2.05, 4.69) is 18.9 Å². The van der Waals surface area contributed by atoms with Gasteiger partial charge in [-0.2, -0.15) is 0 Å². The van der Waals surface area contributed by atoms with Crippen molar-refractivity contribution in [3.63, 3.8) is 0 Å². The second kappa shape index (κ2) is 13.0. The lowest BCUT2D eigenvalue weighted by molar-refractivity contribution is 0.220. The lowest BCUT2D eigenvalue weighted by atomic mass is 10.1. The van der Waals surface area contributed by atoms with Gasteiger partial charge in [0.25, 0.3) is 0 Å². The van der Waals surface area contributed by atoms with Crippen molar-refractivity contribution in [3.8, 4) is 0 Å². The Morgan fingerprint density at radius 1 is 0.905 bits per heavy atom. The van der Waals surface area contributed by atoms with Crippen LogP contribution in [0.4, 0.5) is 0 Å². The highest BCUT2D eigenvalue weighted by Crippen LogP contribution is 2.18. The molecule has 2 heteroatoms. The van der Waals surface area contributed by atoms with Gasteiger partial charge in [-0.3, -0.25) is 0 Å². The van der Waals surface area contributed by atoms with Crippen LogP contribution in [0.1, 0.15) is 90.4 Å². The van der Waals surface area contributed by atoms with Crippen molar-refractivity contribution in [2.24, 2.45) is 0 Å². The van der Waals surface area contributed by atoms with Crippen molar-refractivity contribution in [2.45, 2.75) is 90.4 Å². The zero-order chi connectivity index (χ0) is 15.2. The minimum Gasteiger partial charge on any atom is -0.499 e. The largest absolute Gasteiger partial charge is 0.499 e. The van der Waals surface area contributed by atoms with Gasteiger partial charge in [-0.25, -0.2) is 0 Å². The number of nitrogens with zero attached hydrogens (tertiary/aromatic N) is 1. The summed E-state index contributed by atoms with van der Waals surface area (Å²) in [6, 6.07) is 0. The fraction of sp³-hybridized carbons (Fsp3) is 0.895. The number of ether oxygens (including phenoxy) is 1. The molecule has 0 amide bonds. The molecule has 0 unspecified atom stereocenters. The van der Waals surface area contributed by atoms with E-state index in [0.29, 0.717) is 0 Å². The molecular formula is C19H37NO. The standard InChI is InChI=1S/C19H37NO/c1-3-4-5-6-7-8-9-10-11-14-17-21-18-19-15-12-13-16-20(19)2/h18H,3-17H2,1-2H3/b19-18+. The average molecular weight is 296 g/mol. The van der Waals surface area contributed by atoms with Crippen LogP contribution in [0.2, 0.25) is 0 Å². The van der Waals surface area contributed by atoms with E-state index in [9.17, 15) is 0 Å². The number of piperidine rings is 1. The molecule has 21 heavy (non-hydrogen) atoms. The van der Waals surface area contributed by atoms with E-state index in [4.69, 9.17) is 4.74 Å². The molecule has 0 saturated carbocycles. The van der Waals surface area contributed by atoms with Crippen molar-refractivity contribution in [1.82, 2.24) is 4.90 Å². The van der Waals surface area contributed by atoms with Gasteiger partial charge in [0.15, 0.2) is 0 Å². The van der Waals surface area contributed by atoms with Crippen molar-refractivity contribution in [2.75, 3.05) is 20.2 Å². The molecule has 1 heterocycles. The first-order valence-corrected chi connectivity index (χ1v) is 9.36. The summed E-state index contributed by atoms with van der Waals surface area (Å²) in [4.78, 5) is 2.34. The van der Waals surface area contributed by atoms with E-state index >= 15 is 0 Å². The third-order valence-corrected chi connectivity index (χ3v) is 4.50. The highest BCUT2D eigenvalue weighted by Gasteiger charge is 2.10. The maximum atomic E-state index is 5.71. The monoisotopic (exact) mass is 295 g/mol. The molecular weight excluding hydrogens is 258 g/mol. The Morgan fingerprint density at radius 3 is 2.14 bits per heavy atom. The number of hydrogen-bond donors (Lipinski definition) is 0. The van der Waals surface area contributed by atoms with Crippen LogP contribution in [0.3, 0.4) is 0 Å². The van der Waals surface area contributed by atoms with Gasteiger partial charge in [0.05, 0.1) is 6.61 Å². The summed E-state index contributed by atoms with van der Waals surface area (Å²) in [7, 11) is 2.18. The Kier molecular flexibility index (Phi) is 11.4. The summed E-state index contributed by atoms with van der Waals surface area (Å²) >= 11 is 0. The van der Waals surface area contributed by atoms with Crippen molar-refractivity contribution >= 4 is 0 Å². The summed E-state index contributed by atoms with van der Waals surface area (Å²) in [6.45, 7) is 4.37. The van der Waals surface area contributed by atoms with Gasteiger partial charge >= 0.3 is 0 Å². The fourth-order valence-corrected chi connectivity index (χ4v) is 2.97. The smallest absolute Gasteiger partial charge is 0.102 e. The second-order valence-corrected chi connectivity index (χ2v) is 6.54. The van der Waals surface area contributed by atoms with Gasteiger partial charge in [-0.15, -0.1) is 0 Å². The number of likely N-dealkylation sites (tertiary alicyclic amines) is 1. The fourth-order valence-electron chi connectivity index (χ4n) is 2.97. The predicted molar refractivity (Wildman–Crippen MR) is 92.4 cm³/mol. The van der Waals surface area contributed by atoms with Gasteiger partial charge < -0.3 is 9.64 Å². The van der Waals surface area contributed by atoms with E-state index < -0.39 is 0 Å². The summed E-state index contributed by atoms with van der Waals surface area (Å²) in [5.74, 6) is 0. The van der Waals surface area contributed by atoms with Gasteiger partial charge in [0, 0.05) is 19.3 Å². The van der Waals surface area contributed by atoms with Crippen molar-refractivity contribution in [1.29, 1.82) is 0 Å². The molecule has 0 aromatic rings. The van der Waals surface area contributed by atoms with Crippen molar-refractivity contribution in [3.05, 3.63) is 12.0 Å². The zero-order valence-electron chi connectivity index (χ0n) is 14.5. The molecule has 0 N–H and O–H groups in total. The molecule has 1 rings (SSSR count). The van der Waals surface area contributed by atoms with Crippen LogP contribution in [0, 0.1) is 0 Å². The molecule has 124 valence electrons. The molecule has 0 aromatic carbocycles. The van der Waals surface area contributed by atoms with Crippen LogP contribution in [0.25, 0.3) is 0 Å². The Morgan fingerprint density at radius 2 is 1.52 bits per heavy atom. The summed E-state index contributed by atoms with van der Waals surface area (Å²) in [5.41, 5.74) is 1.38. The van der Waals surface area contributed by atoms with Crippen LogP contribution in [-0.2, 0) is 4.74 Å². The quantitative estimate of drug-likeness (QED) is 0.329. The molecule has 0 spiro atoms. The summed E-state index contributed by atoms with van der Waals surface area (Å²) < 4.78 is 5.71. The van der Waals surface area contributed by atoms with Crippen LogP contribution < -0.4 is 0 Å². The molecule has 1 aliphatic heterocycles. The van der Waals surface area contributed by atoms with Gasteiger partial charge in [0.2, 0.25) is 0 Å². The van der Waals surface area contributed by atoms with Gasteiger partial charge in [0.1, 0.15) is 6.26 Å². The zero-order valence-corrected chi connectivity index (χ0v) is 14.5. The third-order valence-electron chi connectivity index (χ3n) is 4.50. The van der Waals surface area contributed by atoms with Gasteiger partial charge in [-0.1, -0.05) is 64.7 Å². The molecule has 0 atom stereocenters. The normalized spacial score (nSPS) is 17.4. The number of rotatable bonds is 12. The lowest BCUT2D eigenvalue weighted by Gasteiger charge is -2.27. The maximum Gasteiger partial charge on any atom is 0.102 e. The van der Waals surface area contributed by atoms with E-state index in [1.54, 1.807) is 0 Å². The average Bonchev–Trinajstić information content (AvgIpc) is 2.50. The van der Waals surface area contributed by atoms with Gasteiger partial charge in [-0.05, 0) is 25.7 Å². The summed E-state index contributed by atoms with van der Waals surface area (Å²) in [5, 5.41) is 0. The Labute approximate surface area is 132 Å². The third kappa shape index (κ3) is 9.82. The van der Waals surface area contributed by atoms with E-state index in [1.807, 2.05) is 6.26 Å². The summed E-state index contributed by atoms with van der Waals surface area (Å²) in [6.07, 6.45) is 19.7. The highest BCUT2D eigenvalue weighted by atomic mass is 16.5. The van der Waals surface area contributed by atoms with Crippen LogP contribution in [0.5, 0.6) is 0 Å². The number of hydrogen-bond acceptors (Lipinski definition) is 2. The van der Waals surface area contributed by atoms with E-state index in [1.165, 1.54) is 95.7 Å². The first kappa shape index (κ1) is 18.4. The minimum absolute atomic E-state index is 0.897. The SMILES string of the molecule is CCCCCCCCCCCCO/C=C1\CCCCN1C. The van der Waals surface area contributed by atoms with E-state index in [-0.39, 0.29) is 0 Å². The maximum absolute atomic E-state index is 5.71. The molecule has 1 aliphatic rings. The molecule has 0 bridgehead atoms. The highest BCUT2D eigenvalue weighted by molar-refractivity contribution is 4.98. The van der Waals surface area contributed by atoms with Crippen LogP contribution in [0.15, 0.2) is 12.0 Å². The Bertz CT molecular complexity index is 262. The first-order valence-electron chi connectivity index (χ1n) is 9.36.